The fourth-order valence-corrected chi connectivity index (χ4v) is 2.38. The molecule has 0 aliphatic carbocycles. The van der Waals surface area contributed by atoms with Crippen LogP contribution in [-0.2, 0) is 0 Å². The SMILES string of the molecule is C=C(c1ccc(N(C)C)cc1)c1ccc(N(C)C)cc1C. The second-order valence-corrected chi connectivity index (χ2v) is 5.81. The molecule has 0 saturated heterocycles. The molecule has 2 nitrogen and oxygen atoms in total. The molecule has 0 amide bonds. The van der Waals surface area contributed by atoms with Gasteiger partial charge in [-0.2, -0.15) is 0 Å². The van der Waals surface area contributed by atoms with E-state index in [0.29, 0.717) is 0 Å². The van der Waals surface area contributed by atoms with E-state index in [1.807, 2.05) is 14.1 Å². The van der Waals surface area contributed by atoms with Gasteiger partial charge in [0.05, 0.1) is 0 Å². The summed E-state index contributed by atoms with van der Waals surface area (Å²) in [6.07, 6.45) is 0. The Bertz CT molecular complexity index is 637. The zero-order valence-electron chi connectivity index (χ0n) is 13.6. The van der Waals surface area contributed by atoms with E-state index < -0.39 is 0 Å². The average molecular weight is 280 g/mol. The highest BCUT2D eigenvalue weighted by molar-refractivity contribution is 5.81. The molecular weight excluding hydrogens is 256 g/mol. The topological polar surface area (TPSA) is 6.48 Å². The van der Waals surface area contributed by atoms with Gasteiger partial charge in [0.1, 0.15) is 0 Å². The summed E-state index contributed by atoms with van der Waals surface area (Å²) in [6.45, 7) is 6.42. The zero-order chi connectivity index (χ0) is 15.6. The highest BCUT2D eigenvalue weighted by Crippen LogP contribution is 2.28. The Morgan fingerprint density at radius 3 is 1.81 bits per heavy atom. The number of rotatable bonds is 4. The summed E-state index contributed by atoms with van der Waals surface area (Å²) < 4.78 is 0. The predicted molar refractivity (Wildman–Crippen MR) is 94.4 cm³/mol. The maximum Gasteiger partial charge on any atom is 0.0364 e. The Kier molecular flexibility index (Phi) is 4.37. The monoisotopic (exact) mass is 280 g/mol. The lowest BCUT2D eigenvalue weighted by atomic mass is 9.95. The maximum atomic E-state index is 4.28. The molecule has 0 aromatic heterocycles. The van der Waals surface area contributed by atoms with Crippen molar-refractivity contribution in [1.29, 1.82) is 0 Å². The Hall–Kier alpha value is -2.22. The molecule has 2 heteroatoms. The fourth-order valence-electron chi connectivity index (χ4n) is 2.38. The molecule has 0 bridgehead atoms. The molecule has 0 atom stereocenters. The zero-order valence-corrected chi connectivity index (χ0v) is 13.6. The molecule has 0 fully saturated rings. The van der Waals surface area contributed by atoms with E-state index in [0.717, 1.165) is 5.57 Å². The first kappa shape index (κ1) is 15.2. The van der Waals surface area contributed by atoms with Crippen molar-refractivity contribution in [2.24, 2.45) is 0 Å². The van der Waals surface area contributed by atoms with Crippen molar-refractivity contribution in [3.05, 3.63) is 65.7 Å². The highest BCUT2D eigenvalue weighted by atomic mass is 15.1. The van der Waals surface area contributed by atoms with Crippen LogP contribution in [0.3, 0.4) is 0 Å². The van der Waals surface area contributed by atoms with Crippen molar-refractivity contribution in [2.45, 2.75) is 6.92 Å². The van der Waals surface area contributed by atoms with Crippen LogP contribution in [0, 0.1) is 6.92 Å². The van der Waals surface area contributed by atoms with Gasteiger partial charge in [-0.1, -0.05) is 24.8 Å². The summed E-state index contributed by atoms with van der Waals surface area (Å²) in [5.41, 5.74) is 7.11. The minimum absolute atomic E-state index is 1.07. The summed E-state index contributed by atoms with van der Waals surface area (Å²) in [6, 6.07) is 15.0. The van der Waals surface area contributed by atoms with Gasteiger partial charge >= 0.3 is 0 Å². The standard InChI is InChI=1S/C19H24N2/c1-14-13-18(21(5)6)11-12-19(14)15(2)16-7-9-17(10-8-16)20(3)4/h7-13H,2H2,1,3-6H3. The van der Waals surface area contributed by atoms with Gasteiger partial charge in [0.15, 0.2) is 0 Å². The van der Waals surface area contributed by atoms with Crippen LogP contribution >= 0.6 is 0 Å². The third kappa shape index (κ3) is 3.27. The lowest BCUT2D eigenvalue weighted by molar-refractivity contribution is 1.12. The molecule has 110 valence electrons. The van der Waals surface area contributed by atoms with Gasteiger partial charge in [-0.25, -0.2) is 0 Å². The van der Waals surface area contributed by atoms with Gasteiger partial charge in [-0.15, -0.1) is 0 Å². The minimum atomic E-state index is 1.07. The quantitative estimate of drug-likeness (QED) is 0.828. The van der Waals surface area contributed by atoms with Crippen molar-refractivity contribution in [3.8, 4) is 0 Å². The second-order valence-electron chi connectivity index (χ2n) is 5.81. The van der Waals surface area contributed by atoms with Crippen molar-refractivity contribution in [1.82, 2.24) is 0 Å². The molecule has 0 unspecified atom stereocenters. The molecule has 0 spiro atoms. The summed E-state index contributed by atoms with van der Waals surface area (Å²) >= 11 is 0. The molecule has 0 N–H and O–H groups in total. The van der Waals surface area contributed by atoms with Crippen LogP contribution in [-0.4, -0.2) is 28.2 Å². The fraction of sp³-hybridized carbons (Fsp3) is 0.263. The number of hydrogen-bond acceptors (Lipinski definition) is 2. The van der Waals surface area contributed by atoms with Crippen LogP contribution in [0.4, 0.5) is 11.4 Å². The maximum absolute atomic E-state index is 4.28. The smallest absolute Gasteiger partial charge is 0.0364 e. The summed E-state index contributed by atoms with van der Waals surface area (Å²) in [5.74, 6) is 0. The third-order valence-corrected chi connectivity index (χ3v) is 3.78. The molecule has 0 radical (unpaired) electrons. The molecule has 2 rings (SSSR count). The second kappa shape index (κ2) is 6.04. The predicted octanol–water partition coefficient (Wildman–Crippen LogP) is 4.19. The number of anilines is 2. The Labute approximate surface area is 128 Å². The Morgan fingerprint density at radius 2 is 1.33 bits per heavy atom. The molecule has 2 aromatic carbocycles. The van der Waals surface area contributed by atoms with Crippen molar-refractivity contribution >= 4 is 16.9 Å². The van der Waals surface area contributed by atoms with E-state index in [1.165, 1.54) is 28.1 Å². The largest absolute Gasteiger partial charge is 0.378 e. The van der Waals surface area contributed by atoms with Gasteiger partial charge in [-0.05, 0) is 53.5 Å². The first-order valence-corrected chi connectivity index (χ1v) is 7.15. The average Bonchev–Trinajstić information content (AvgIpc) is 2.46. The van der Waals surface area contributed by atoms with Gasteiger partial charge in [-0.3, -0.25) is 0 Å². The highest BCUT2D eigenvalue weighted by Gasteiger charge is 2.07. The number of hydrogen-bond donors (Lipinski definition) is 0. The van der Waals surface area contributed by atoms with Crippen molar-refractivity contribution in [2.75, 3.05) is 38.0 Å². The van der Waals surface area contributed by atoms with Gasteiger partial charge in [0, 0.05) is 39.6 Å². The van der Waals surface area contributed by atoms with Crippen molar-refractivity contribution in [3.63, 3.8) is 0 Å². The van der Waals surface area contributed by atoms with Crippen LogP contribution in [0.1, 0.15) is 16.7 Å². The van der Waals surface area contributed by atoms with Gasteiger partial charge in [0.25, 0.3) is 0 Å². The molecule has 0 saturated carbocycles. The summed E-state index contributed by atoms with van der Waals surface area (Å²) in [5, 5.41) is 0. The molecule has 0 heterocycles. The lowest BCUT2D eigenvalue weighted by Crippen LogP contribution is -2.09. The van der Waals surface area contributed by atoms with Crippen LogP contribution in [0.15, 0.2) is 49.0 Å². The first-order chi connectivity index (χ1) is 9.90. The van der Waals surface area contributed by atoms with Crippen LogP contribution in [0.2, 0.25) is 0 Å². The Morgan fingerprint density at radius 1 is 0.810 bits per heavy atom. The number of aryl methyl sites for hydroxylation is 1. The number of nitrogens with zero attached hydrogens (tertiary/aromatic N) is 2. The van der Waals surface area contributed by atoms with E-state index in [4.69, 9.17) is 0 Å². The molecular formula is C19H24N2. The molecule has 21 heavy (non-hydrogen) atoms. The van der Waals surface area contributed by atoms with Gasteiger partial charge in [0.2, 0.25) is 0 Å². The van der Waals surface area contributed by atoms with Crippen molar-refractivity contribution < 1.29 is 0 Å². The van der Waals surface area contributed by atoms with E-state index >= 15 is 0 Å². The normalized spacial score (nSPS) is 10.3. The Balaban J connectivity index is 2.31. The summed E-state index contributed by atoms with van der Waals surface area (Å²) in [7, 11) is 8.22. The molecule has 0 aliphatic rings. The summed E-state index contributed by atoms with van der Waals surface area (Å²) in [4.78, 5) is 4.22. The van der Waals surface area contributed by atoms with Crippen LogP contribution < -0.4 is 9.80 Å². The van der Waals surface area contributed by atoms with Gasteiger partial charge < -0.3 is 9.80 Å². The van der Waals surface area contributed by atoms with Crippen LogP contribution in [0.5, 0.6) is 0 Å². The molecule has 2 aromatic rings. The minimum Gasteiger partial charge on any atom is -0.378 e. The third-order valence-electron chi connectivity index (χ3n) is 3.78. The van der Waals surface area contributed by atoms with E-state index in [1.54, 1.807) is 0 Å². The van der Waals surface area contributed by atoms with E-state index in [2.05, 4.69) is 79.9 Å². The van der Waals surface area contributed by atoms with E-state index in [-0.39, 0.29) is 0 Å². The number of benzene rings is 2. The van der Waals surface area contributed by atoms with Crippen LogP contribution in [0.25, 0.3) is 5.57 Å². The van der Waals surface area contributed by atoms with E-state index in [9.17, 15) is 0 Å². The molecule has 0 aliphatic heterocycles. The lowest BCUT2D eigenvalue weighted by Gasteiger charge is -2.17. The first-order valence-electron chi connectivity index (χ1n) is 7.15.